The van der Waals surface area contributed by atoms with Crippen LogP contribution in [0, 0.1) is 0 Å². The van der Waals surface area contributed by atoms with Crippen molar-refractivity contribution in [3.63, 3.8) is 0 Å². The number of hydrogen-bond acceptors (Lipinski definition) is 4. The molecule has 1 unspecified atom stereocenters. The molecule has 1 atom stereocenters. The lowest BCUT2D eigenvalue weighted by Crippen LogP contribution is -2.44. The maximum absolute atomic E-state index is 12.1. The Bertz CT molecular complexity index is 407. The Kier molecular flexibility index (Phi) is 5.55. The first kappa shape index (κ1) is 15.0. The molecule has 1 aliphatic rings. The Morgan fingerprint density at radius 2 is 2.40 bits per heavy atom. The van der Waals surface area contributed by atoms with E-state index in [0.717, 1.165) is 38.9 Å². The van der Waals surface area contributed by atoms with E-state index in [2.05, 4.69) is 5.10 Å². The summed E-state index contributed by atoms with van der Waals surface area (Å²) in [6, 6.07) is 1.90. The SMILES string of the molecule is CN(CCCn1cccn1)C(=O)CN1CCCC(O)C1. The Morgan fingerprint density at radius 3 is 3.10 bits per heavy atom. The summed E-state index contributed by atoms with van der Waals surface area (Å²) < 4.78 is 1.87. The minimum Gasteiger partial charge on any atom is -0.392 e. The highest BCUT2D eigenvalue weighted by atomic mass is 16.3. The molecule has 6 heteroatoms. The van der Waals surface area contributed by atoms with Crippen LogP contribution >= 0.6 is 0 Å². The molecule has 1 N–H and O–H groups in total. The van der Waals surface area contributed by atoms with Crippen molar-refractivity contribution in [1.82, 2.24) is 19.6 Å². The summed E-state index contributed by atoms with van der Waals surface area (Å²) in [6.45, 7) is 3.49. The van der Waals surface area contributed by atoms with Crippen LogP contribution in [-0.2, 0) is 11.3 Å². The standard InChI is InChI=1S/C14H24N4O2/c1-16(7-4-10-18-9-3-6-15-18)14(20)12-17-8-2-5-13(19)11-17/h3,6,9,13,19H,2,4-5,7-8,10-12H2,1H3. The number of piperidine rings is 1. The van der Waals surface area contributed by atoms with Gasteiger partial charge in [-0.15, -0.1) is 0 Å². The fraction of sp³-hybridized carbons (Fsp3) is 0.714. The molecule has 1 aromatic heterocycles. The lowest BCUT2D eigenvalue weighted by Gasteiger charge is -2.30. The number of hydrogen-bond donors (Lipinski definition) is 1. The van der Waals surface area contributed by atoms with Crippen LogP contribution in [0.15, 0.2) is 18.5 Å². The molecule has 1 aromatic rings. The van der Waals surface area contributed by atoms with Crippen LogP contribution in [-0.4, -0.2) is 69.9 Å². The van der Waals surface area contributed by atoms with Crippen LogP contribution in [0.5, 0.6) is 0 Å². The van der Waals surface area contributed by atoms with E-state index in [9.17, 15) is 9.90 Å². The van der Waals surface area contributed by atoms with Crippen LogP contribution < -0.4 is 0 Å². The molecule has 2 rings (SSSR count). The Labute approximate surface area is 120 Å². The molecule has 0 aromatic carbocycles. The molecular formula is C14H24N4O2. The van der Waals surface area contributed by atoms with Crippen molar-refractivity contribution < 1.29 is 9.90 Å². The summed E-state index contributed by atoms with van der Waals surface area (Å²) in [5, 5.41) is 13.7. The number of aryl methyl sites for hydroxylation is 1. The highest BCUT2D eigenvalue weighted by Gasteiger charge is 2.20. The van der Waals surface area contributed by atoms with Crippen LogP contribution in [0.2, 0.25) is 0 Å². The highest BCUT2D eigenvalue weighted by Crippen LogP contribution is 2.09. The fourth-order valence-corrected chi connectivity index (χ4v) is 2.51. The summed E-state index contributed by atoms with van der Waals surface area (Å²) in [4.78, 5) is 15.9. The van der Waals surface area contributed by atoms with Crippen LogP contribution in [0.25, 0.3) is 0 Å². The van der Waals surface area contributed by atoms with E-state index in [-0.39, 0.29) is 12.0 Å². The van der Waals surface area contributed by atoms with Gasteiger partial charge in [0.1, 0.15) is 0 Å². The van der Waals surface area contributed by atoms with Gasteiger partial charge in [-0.05, 0) is 31.9 Å². The normalized spacial score (nSPS) is 20.0. The van der Waals surface area contributed by atoms with Gasteiger partial charge in [-0.3, -0.25) is 14.4 Å². The molecule has 0 saturated carbocycles. The second kappa shape index (κ2) is 7.40. The number of aliphatic hydroxyl groups excluding tert-OH is 1. The second-order valence-electron chi connectivity index (χ2n) is 5.47. The largest absolute Gasteiger partial charge is 0.392 e. The number of β-amino-alcohol motifs (C(OH)–C–C–N with tert-alkyl or cyclic N) is 1. The third-order valence-electron chi connectivity index (χ3n) is 3.71. The van der Waals surface area contributed by atoms with Crippen LogP contribution in [0.4, 0.5) is 0 Å². The van der Waals surface area contributed by atoms with E-state index in [1.165, 1.54) is 0 Å². The van der Waals surface area contributed by atoms with Crippen LogP contribution in [0.1, 0.15) is 19.3 Å². The molecule has 0 aliphatic carbocycles. The molecule has 1 aliphatic heterocycles. The third-order valence-corrected chi connectivity index (χ3v) is 3.71. The average molecular weight is 280 g/mol. The zero-order valence-corrected chi connectivity index (χ0v) is 12.1. The maximum atomic E-state index is 12.1. The van der Waals surface area contributed by atoms with Crippen molar-refractivity contribution in [1.29, 1.82) is 0 Å². The maximum Gasteiger partial charge on any atom is 0.236 e. The van der Waals surface area contributed by atoms with Gasteiger partial charge in [0.2, 0.25) is 5.91 Å². The number of carbonyl (C=O) groups excluding carboxylic acids is 1. The summed E-state index contributed by atoms with van der Waals surface area (Å²) in [7, 11) is 1.84. The van der Waals surface area contributed by atoms with Crippen molar-refractivity contribution in [2.45, 2.75) is 31.9 Å². The van der Waals surface area contributed by atoms with Crippen molar-refractivity contribution in [3.05, 3.63) is 18.5 Å². The van der Waals surface area contributed by atoms with E-state index < -0.39 is 0 Å². The first-order chi connectivity index (χ1) is 9.65. The minimum atomic E-state index is -0.276. The van der Waals surface area contributed by atoms with Gasteiger partial charge in [-0.2, -0.15) is 5.10 Å². The molecule has 0 bridgehead atoms. The molecule has 1 amide bonds. The average Bonchev–Trinajstić information content (AvgIpc) is 2.91. The molecule has 1 saturated heterocycles. The van der Waals surface area contributed by atoms with Gasteiger partial charge in [-0.1, -0.05) is 0 Å². The quantitative estimate of drug-likeness (QED) is 0.808. The minimum absolute atomic E-state index is 0.125. The van der Waals surface area contributed by atoms with Crippen LogP contribution in [0.3, 0.4) is 0 Å². The lowest BCUT2D eigenvalue weighted by atomic mass is 10.1. The first-order valence-corrected chi connectivity index (χ1v) is 7.27. The number of rotatable bonds is 6. The zero-order chi connectivity index (χ0) is 14.4. The molecule has 0 radical (unpaired) electrons. The molecule has 2 heterocycles. The van der Waals surface area contributed by atoms with Gasteiger partial charge >= 0.3 is 0 Å². The van der Waals surface area contributed by atoms with Crippen molar-refractivity contribution in [2.75, 3.05) is 33.2 Å². The summed E-state index contributed by atoms with van der Waals surface area (Å²) in [6.07, 6.45) is 6.13. The van der Waals surface area contributed by atoms with Crippen molar-refractivity contribution in [2.24, 2.45) is 0 Å². The first-order valence-electron chi connectivity index (χ1n) is 7.27. The number of amides is 1. The zero-order valence-electron chi connectivity index (χ0n) is 12.1. The molecule has 20 heavy (non-hydrogen) atoms. The number of carbonyl (C=O) groups is 1. The fourth-order valence-electron chi connectivity index (χ4n) is 2.51. The highest BCUT2D eigenvalue weighted by molar-refractivity contribution is 5.77. The smallest absolute Gasteiger partial charge is 0.236 e. The van der Waals surface area contributed by atoms with E-state index in [1.54, 1.807) is 11.1 Å². The molecule has 0 spiro atoms. The molecular weight excluding hydrogens is 256 g/mol. The monoisotopic (exact) mass is 280 g/mol. The predicted molar refractivity (Wildman–Crippen MR) is 76.2 cm³/mol. The lowest BCUT2D eigenvalue weighted by molar-refractivity contribution is -0.131. The number of likely N-dealkylation sites (N-methyl/N-ethyl adjacent to an activating group) is 1. The summed E-state index contributed by atoms with van der Waals surface area (Å²) >= 11 is 0. The van der Waals surface area contributed by atoms with Gasteiger partial charge in [0.25, 0.3) is 0 Å². The Hall–Kier alpha value is -1.40. The third kappa shape index (κ3) is 4.61. The van der Waals surface area contributed by atoms with Gasteiger partial charge in [0.05, 0.1) is 12.6 Å². The van der Waals surface area contributed by atoms with E-state index in [4.69, 9.17) is 0 Å². The Balaban J connectivity index is 1.66. The van der Waals surface area contributed by atoms with Crippen molar-refractivity contribution >= 4 is 5.91 Å². The molecule has 112 valence electrons. The summed E-state index contributed by atoms with van der Waals surface area (Å²) in [5.41, 5.74) is 0. The number of aliphatic hydroxyl groups is 1. The van der Waals surface area contributed by atoms with Gasteiger partial charge in [0, 0.05) is 39.1 Å². The van der Waals surface area contributed by atoms with Crippen molar-refractivity contribution in [3.8, 4) is 0 Å². The van der Waals surface area contributed by atoms with E-state index in [0.29, 0.717) is 13.1 Å². The second-order valence-corrected chi connectivity index (χ2v) is 5.47. The van der Waals surface area contributed by atoms with E-state index >= 15 is 0 Å². The van der Waals surface area contributed by atoms with E-state index in [1.807, 2.05) is 28.9 Å². The van der Waals surface area contributed by atoms with Gasteiger partial charge in [-0.25, -0.2) is 0 Å². The molecule has 6 nitrogen and oxygen atoms in total. The number of nitrogens with zero attached hydrogens (tertiary/aromatic N) is 4. The van der Waals surface area contributed by atoms with Gasteiger partial charge < -0.3 is 10.0 Å². The Morgan fingerprint density at radius 1 is 1.55 bits per heavy atom. The number of aromatic nitrogens is 2. The topological polar surface area (TPSA) is 61.6 Å². The predicted octanol–water partition coefficient (Wildman–Crippen LogP) is 0.188. The summed E-state index contributed by atoms with van der Waals surface area (Å²) in [5.74, 6) is 0.125. The molecule has 1 fully saturated rings. The number of likely N-dealkylation sites (tertiary alicyclic amines) is 1. The van der Waals surface area contributed by atoms with Gasteiger partial charge in [0.15, 0.2) is 0 Å².